The lowest BCUT2D eigenvalue weighted by atomic mass is 9.89. The third-order valence-corrected chi connectivity index (χ3v) is 3.35. The number of fused-ring (bicyclic) bond motifs is 1. The Labute approximate surface area is 111 Å². The number of methoxy groups -OCH3 is 1. The first-order valence-electron chi connectivity index (χ1n) is 6.08. The fraction of sp³-hybridized carbons (Fsp3) is 0.429. The summed E-state index contributed by atoms with van der Waals surface area (Å²) >= 11 is 0. The predicted octanol–water partition coefficient (Wildman–Crippen LogP) is 2.24. The first-order chi connectivity index (χ1) is 8.86. The summed E-state index contributed by atoms with van der Waals surface area (Å²) in [6, 6.07) is 5.64. The van der Waals surface area contributed by atoms with E-state index in [2.05, 4.69) is 4.98 Å². The summed E-state index contributed by atoms with van der Waals surface area (Å²) in [4.78, 5) is 15.7. The molecule has 0 saturated heterocycles. The van der Waals surface area contributed by atoms with Gasteiger partial charge in [0.25, 0.3) is 0 Å². The molecule has 0 fully saturated rings. The second kappa shape index (κ2) is 4.57. The van der Waals surface area contributed by atoms with E-state index in [0.717, 1.165) is 22.6 Å². The lowest BCUT2D eigenvalue weighted by Gasteiger charge is -2.18. The van der Waals surface area contributed by atoms with Gasteiger partial charge in [0, 0.05) is 13.5 Å². The van der Waals surface area contributed by atoms with E-state index >= 15 is 0 Å². The van der Waals surface area contributed by atoms with E-state index in [1.807, 2.05) is 29.8 Å². The number of aryl methyl sites for hydroxylation is 1. The summed E-state index contributed by atoms with van der Waals surface area (Å²) in [6.45, 7) is 3.40. The highest BCUT2D eigenvalue weighted by atomic mass is 16.5. The van der Waals surface area contributed by atoms with E-state index in [1.165, 1.54) is 0 Å². The SMILES string of the molecule is COc1cccc2nc(CC(C)(C)C(=O)O)n(C)c12. The highest BCUT2D eigenvalue weighted by Crippen LogP contribution is 2.28. The summed E-state index contributed by atoms with van der Waals surface area (Å²) < 4.78 is 7.22. The van der Waals surface area contributed by atoms with Crippen LogP contribution in [0.15, 0.2) is 18.2 Å². The van der Waals surface area contributed by atoms with Crippen molar-refractivity contribution in [3.05, 3.63) is 24.0 Å². The molecule has 102 valence electrons. The molecule has 0 aliphatic rings. The van der Waals surface area contributed by atoms with Crippen LogP contribution >= 0.6 is 0 Å². The number of carboxylic acids is 1. The normalized spacial score (nSPS) is 11.8. The highest BCUT2D eigenvalue weighted by Gasteiger charge is 2.29. The first-order valence-corrected chi connectivity index (χ1v) is 6.08. The molecule has 0 unspecified atom stereocenters. The van der Waals surface area contributed by atoms with Gasteiger partial charge in [-0.05, 0) is 26.0 Å². The minimum absolute atomic E-state index is 0.372. The van der Waals surface area contributed by atoms with Crippen molar-refractivity contribution in [3.63, 3.8) is 0 Å². The fourth-order valence-corrected chi connectivity index (χ4v) is 2.07. The molecule has 5 nitrogen and oxygen atoms in total. The molecule has 0 radical (unpaired) electrons. The molecule has 2 rings (SSSR count). The molecule has 0 aliphatic carbocycles. The van der Waals surface area contributed by atoms with E-state index < -0.39 is 11.4 Å². The summed E-state index contributed by atoms with van der Waals surface area (Å²) in [6.07, 6.45) is 0.372. The number of carboxylic acid groups (broad SMARTS) is 1. The number of hydrogen-bond donors (Lipinski definition) is 1. The van der Waals surface area contributed by atoms with Gasteiger partial charge in [-0.15, -0.1) is 0 Å². The van der Waals surface area contributed by atoms with Crippen LogP contribution in [-0.4, -0.2) is 27.7 Å². The van der Waals surface area contributed by atoms with Crippen molar-refractivity contribution >= 4 is 17.0 Å². The van der Waals surface area contributed by atoms with Gasteiger partial charge in [0.05, 0.1) is 18.0 Å². The molecule has 0 amide bonds. The molecule has 1 aromatic carbocycles. The number of aliphatic carboxylic acids is 1. The second-order valence-electron chi connectivity index (χ2n) is 5.28. The van der Waals surface area contributed by atoms with Gasteiger partial charge in [-0.1, -0.05) is 6.07 Å². The van der Waals surface area contributed by atoms with Crippen molar-refractivity contribution in [1.29, 1.82) is 0 Å². The van der Waals surface area contributed by atoms with Gasteiger partial charge in [-0.2, -0.15) is 0 Å². The van der Waals surface area contributed by atoms with Crippen LogP contribution in [0.5, 0.6) is 5.75 Å². The molecule has 0 spiro atoms. The highest BCUT2D eigenvalue weighted by molar-refractivity contribution is 5.83. The van der Waals surface area contributed by atoms with Crippen LogP contribution < -0.4 is 4.74 Å². The molecular formula is C14H18N2O3. The van der Waals surface area contributed by atoms with Gasteiger partial charge in [0.15, 0.2) is 0 Å². The Morgan fingerprint density at radius 2 is 2.16 bits per heavy atom. The monoisotopic (exact) mass is 262 g/mol. The zero-order chi connectivity index (χ0) is 14.2. The summed E-state index contributed by atoms with van der Waals surface area (Å²) in [7, 11) is 3.49. The van der Waals surface area contributed by atoms with E-state index in [1.54, 1.807) is 21.0 Å². The predicted molar refractivity (Wildman–Crippen MR) is 72.4 cm³/mol. The molecule has 1 heterocycles. The third kappa shape index (κ3) is 2.28. The molecule has 1 aromatic heterocycles. The molecule has 0 aliphatic heterocycles. The molecule has 1 N–H and O–H groups in total. The van der Waals surface area contributed by atoms with Crippen molar-refractivity contribution < 1.29 is 14.6 Å². The molecule has 2 aromatic rings. The number of hydrogen-bond acceptors (Lipinski definition) is 3. The largest absolute Gasteiger partial charge is 0.494 e. The maximum atomic E-state index is 11.2. The van der Waals surface area contributed by atoms with Crippen LogP contribution in [0.2, 0.25) is 0 Å². The van der Waals surface area contributed by atoms with Gasteiger partial charge >= 0.3 is 5.97 Å². The van der Waals surface area contributed by atoms with Crippen molar-refractivity contribution in [2.45, 2.75) is 20.3 Å². The van der Waals surface area contributed by atoms with Crippen LogP contribution in [0.4, 0.5) is 0 Å². The standard InChI is InChI=1S/C14H18N2O3/c1-14(2,13(17)18)8-11-15-9-6-5-7-10(19-4)12(9)16(11)3/h5-7H,8H2,1-4H3,(H,17,18). The Morgan fingerprint density at radius 3 is 2.74 bits per heavy atom. The maximum Gasteiger partial charge on any atom is 0.309 e. The molecular weight excluding hydrogens is 244 g/mol. The zero-order valence-electron chi connectivity index (χ0n) is 11.6. The number of carbonyl (C=O) groups is 1. The Kier molecular flexibility index (Phi) is 3.22. The Hall–Kier alpha value is -2.04. The third-order valence-electron chi connectivity index (χ3n) is 3.35. The number of rotatable bonds is 4. The van der Waals surface area contributed by atoms with Gasteiger partial charge in [-0.3, -0.25) is 4.79 Å². The number of imidazole rings is 1. The summed E-state index contributed by atoms with van der Waals surface area (Å²) in [5.41, 5.74) is 0.863. The topological polar surface area (TPSA) is 64.3 Å². The van der Waals surface area contributed by atoms with Crippen LogP contribution in [0.1, 0.15) is 19.7 Å². The van der Waals surface area contributed by atoms with Crippen LogP contribution in [-0.2, 0) is 18.3 Å². The smallest absolute Gasteiger partial charge is 0.309 e. The van der Waals surface area contributed by atoms with Crippen LogP contribution in [0, 0.1) is 5.41 Å². The molecule has 0 saturated carbocycles. The lowest BCUT2D eigenvalue weighted by Crippen LogP contribution is -2.27. The molecule has 0 bridgehead atoms. The number of benzene rings is 1. The van der Waals surface area contributed by atoms with Crippen LogP contribution in [0.3, 0.4) is 0 Å². The minimum Gasteiger partial charge on any atom is -0.494 e. The number of aromatic nitrogens is 2. The van der Waals surface area contributed by atoms with E-state index in [-0.39, 0.29) is 0 Å². The number of para-hydroxylation sites is 1. The average Bonchev–Trinajstić information content (AvgIpc) is 2.65. The molecule has 5 heteroatoms. The summed E-state index contributed by atoms with van der Waals surface area (Å²) in [5.74, 6) is 0.658. The Balaban J connectivity index is 2.52. The number of ether oxygens (including phenoxy) is 1. The fourth-order valence-electron chi connectivity index (χ4n) is 2.07. The van der Waals surface area contributed by atoms with E-state index in [9.17, 15) is 9.90 Å². The van der Waals surface area contributed by atoms with Gasteiger partial charge in [-0.25, -0.2) is 4.98 Å². The quantitative estimate of drug-likeness (QED) is 0.917. The van der Waals surface area contributed by atoms with E-state index in [0.29, 0.717) is 6.42 Å². The van der Waals surface area contributed by atoms with Crippen molar-refractivity contribution in [1.82, 2.24) is 9.55 Å². The second-order valence-corrected chi connectivity index (χ2v) is 5.28. The zero-order valence-corrected chi connectivity index (χ0v) is 11.6. The minimum atomic E-state index is -0.845. The first kappa shape index (κ1) is 13.4. The Bertz CT molecular complexity index is 629. The Morgan fingerprint density at radius 1 is 1.47 bits per heavy atom. The van der Waals surface area contributed by atoms with E-state index in [4.69, 9.17) is 4.74 Å². The van der Waals surface area contributed by atoms with Gasteiger partial charge < -0.3 is 14.4 Å². The van der Waals surface area contributed by atoms with Crippen molar-refractivity contribution in [3.8, 4) is 5.75 Å². The maximum absolute atomic E-state index is 11.2. The average molecular weight is 262 g/mol. The summed E-state index contributed by atoms with van der Waals surface area (Å²) in [5, 5.41) is 9.21. The van der Waals surface area contributed by atoms with Gasteiger partial charge in [0.1, 0.15) is 17.1 Å². The van der Waals surface area contributed by atoms with Crippen molar-refractivity contribution in [2.24, 2.45) is 12.5 Å². The lowest BCUT2D eigenvalue weighted by molar-refractivity contribution is -0.146. The molecule has 0 atom stereocenters. The number of nitrogens with zero attached hydrogens (tertiary/aromatic N) is 2. The van der Waals surface area contributed by atoms with Crippen molar-refractivity contribution in [2.75, 3.05) is 7.11 Å². The molecule has 19 heavy (non-hydrogen) atoms. The van der Waals surface area contributed by atoms with Gasteiger partial charge in [0.2, 0.25) is 0 Å². The van der Waals surface area contributed by atoms with Crippen LogP contribution in [0.25, 0.3) is 11.0 Å².